The van der Waals surface area contributed by atoms with Gasteiger partial charge >= 0.3 is 0 Å². The summed E-state index contributed by atoms with van der Waals surface area (Å²) in [6.45, 7) is 3.93. The first kappa shape index (κ1) is 18.8. The SMILES string of the molecule is CN1CCN(c2ccnc3nc(-c4[nH]nc5ncc(-c6cncc(F)c6)cc45)[nH]c23)CC1. The molecule has 5 aromatic heterocycles. The zero-order valence-corrected chi connectivity index (χ0v) is 17.4. The van der Waals surface area contributed by atoms with Crippen LogP contribution in [0.2, 0.25) is 0 Å². The fraction of sp³-hybridized carbons (Fsp3) is 0.227. The fourth-order valence-corrected chi connectivity index (χ4v) is 4.13. The fourth-order valence-electron chi connectivity index (χ4n) is 4.13. The number of piperazine rings is 1. The quantitative estimate of drug-likeness (QED) is 0.455. The van der Waals surface area contributed by atoms with Crippen LogP contribution < -0.4 is 4.90 Å². The molecule has 6 rings (SSSR count). The number of hydrogen-bond donors (Lipinski definition) is 2. The molecule has 1 aliphatic heterocycles. The summed E-state index contributed by atoms with van der Waals surface area (Å²) in [7, 11) is 2.14. The van der Waals surface area contributed by atoms with E-state index in [1.54, 1.807) is 18.6 Å². The van der Waals surface area contributed by atoms with Crippen LogP contribution in [0.5, 0.6) is 0 Å². The molecular formula is C22H20FN9. The van der Waals surface area contributed by atoms with Gasteiger partial charge in [-0.05, 0) is 25.2 Å². The molecular weight excluding hydrogens is 409 g/mol. The molecule has 1 aliphatic rings. The number of pyridine rings is 3. The minimum absolute atomic E-state index is 0.394. The number of rotatable bonds is 3. The van der Waals surface area contributed by atoms with Crippen molar-refractivity contribution in [2.75, 3.05) is 38.1 Å². The van der Waals surface area contributed by atoms with E-state index in [1.807, 2.05) is 12.1 Å². The number of aromatic nitrogens is 7. The third-order valence-electron chi connectivity index (χ3n) is 5.90. The van der Waals surface area contributed by atoms with Crippen molar-refractivity contribution in [3.05, 3.63) is 48.8 Å². The van der Waals surface area contributed by atoms with Crippen LogP contribution in [0.25, 0.3) is 44.8 Å². The smallest absolute Gasteiger partial charge is 0.181 e. The molecule has 0 aromatic carbocycles. The van der Waals surface area contributed by atoms with Gasteiger partial charge < -0.3 is 14.8 Å². The predicted molar refractivity (Wildman–Crippen MR) is 120 cm³/mol. The van der Waals surface area contributed by atoms with E-state index in [0.29, 0.717) is 28.4 Å². The van der Waals surface area contributed by atoms with Crippen LogP contribution in [0.4, 0.5) is 10.1 Å². The summed E-state index contributed by atoms with van der Waals surface area (Å²) in [6.07, 6.45) is 6.24. The van der Waals surface area contributed by atoms with Crippen molar-refractivity contribution in [1.29, 1.82) is 0 Å². The molecule has 1 saturated heterocycles. The molecule has 32 heavy (non-hydrogen) atoms. The van der Waals surface area contributed by atoms with E-state index in [2.05, 4.69) is 47.0 Å². The molecule has 9 nitrogen and oxygen atoms in total. The second-order valence-corrected chi connectivity index (χ2v) is 7.99. The number of imidazole rings is 1. The average molecular weight is 429 g/mol. The van der Waals surface area contributed by atoms with Crippen LogP contribution >= 0.6 is 0 Å². The molecule has 2 N–H and O–H groups in total. The lowest BCUT2D eigenvalue weighted by atomic mass is 10.1. The molecule has 0 unspecified atom stereocenters. The molecule has 1 fully saturated rings. The van der Waals surface area contributed by atoms with E-state index in [0.717, 1.165) is 48.3 Å². The second-order valence-electron chi connectivity index (χ2n) is 7.99. The van der Waals surface area contributed by atoms with Gasteiger partial charge in [-0.1, -0.05) is 0 Å². The highest BCUT2D eigenvalue weighted by molar-refractivity contribution is 5.95. The number of fused-ring (bicyclic) bond motifs is 2. The number of aromatic amines is 2. The summed E-state index contributed by atoms with van der Waals surface area (Å²) in [5.41, 5.74) is 5.30. The lowest BCUT2D eigenvalue weighted by molar-refractivity contribution is 0.313. The number of nitrogens with one attached hydrogen (secondary N) is 2. The Bertz CT molecular complexity index is 1430. The van der Waals surface area contributed by atoms with Crippen LogP contribution in [-0.4, -0.2) is 73.2 Å². The van der Waals surface area contributed by atoms with E-state index >= 15 is 0 Å². The van der Waals surface area contributed by atoms with Crippen LogP contribution in [0.1, 0.15) is 0 Å². The topological polar surface area (TPSA) is 103 Å². The van der Waals surface area contributed by atoms with Crippen LogP contribution in [0.3, 0.4) is 0 Å². The van der Waals surface area contributed by atoms with Crippen LogP contribution in [0.15, 0.2) is 43.0 Å². The van der Waals surface area contributed by atoms with Crippen molar-refractivity contribution in [3.8, 4) is 22.6 Å². The van der Waals surface area contributed by atoms with E-state index < -0.39 is 5.82 Å². The Morgan fingerprint density at radius 3 is 2.66 bits per heavy atom. The van der Waals surface area contributed by atoms with Gasteiger partial charge in [0.05, 0.1) is 17.3 Å². The standard InChI is InChI=1S/C22H20FN9/c1-31-4-6-32(7-5-31)17-2-3-25-21-19(17)27-22(28-21)18-16-9-14(11-26-20(16)30-29-18)13-8-15(23)12-24-10-13/h2-3,8-12H,4-7H2,1H3,(H,25,27,28)(H,26,29,30). The first-order chi connectivity index (χ1) is 15.7. The highest BCUT2D eigenvalue weighted by Gasteiger charge is 2.20. The summed E-state index contributed by atoms with van der Waals surface area (Å²) < 4.78 is 13.7. The third kappa shape index (κ3) is 3.16. The van der Waals surface area contributed by atoms with Crippen molar-refractivity contribution in [3.63, 3.8) is 0 Å². The number of H-pyrrole nitrogens is 2. The number of anilines is 1. The first-order valence-corrected chi connectivity index (χ1v) is 10.4. The molecule has 160 valence electrons. The largest absolute Gasteiger partial charge is 0.367 e. The van der Waals surface area contributed by atoms with Gasteiger partial charge in [-0.25, -0.2) is 19.3 Å². The zero-order valence-electron chi connectivity index (χ0n) is 17.4. The third-order valence-corrected chi connectivity index (χ3v) is 5.90. The maximum atomic E-state index is 13.7. The van der Waals surface area contributed by atoms with Crippen LogP contribution in [-0.2, 0) is 0 Å². The molecule has 0 bridgehead atoms. The van der Waals surface area contributed by atoms with Gasteiger partial charge in [-0.15, -0.1) is 0 Å². The Morgan fingerprint density at radius 2 is 1.81 bits per heavy atom. The summed E-state index contributed by atoms with van der Waals surface area (Å²) in [4.78, 5) is 25.6. The van der Waals surface area contributed by atoms with Crippen molar-refractivity contribution < 1.29 is 4.39 Å². The lowest BCUT2D eigenvalue weighted by Gasteiger charge is -2.34. The van der Waals surface area contributed by atoms with E-state index in [-0.39, 0.29) is 0 Å². The van der Waals surface area contributed by atoms with Gasteiger partial charge in [-0.3, -0.25) is 10.1 Å². The maximum Gasteiger partial charge on any atom is 0.181 e. The molecule has 0 aliphatic carbocycles. The number of likely N-dealkylation sites (N-methyl/N-ethyl adjacent to an activating group) is 1. The van der Waals surface area contributed by atoms with Crippen molar-refractivity contribution >= 4 is 27.9 Å². The van der Waals surface area contributed by atoms with Crippen molar-refractivity contribution in [1.82, 2.24) is 40.0 Å². The van der Waals surface area contributed by atoms with Crippen molar-refractivity contribution in [2.45, 2.75) is 0 Å². The summed E-state index contributed by atoms with van der Waals surface area (Å²) in [6, 6.07) is 5.37. The van der Waals surface area contributed by atoms with Gasteiger partial charge in [0, 0.05) is 55.9 Å². The average Bonchev–Trinajstić information content (AvgIpc) is 3.43. The molecule has 0 atom stereocenters. The molecule has 0 amide bonds. The molecule has 6 heterocycles. The molecule has 0 radical (unpaired) electrons. The Labute approximate surface area is 182 Å². The van der Waals surface area contributed by atoms with Gasteiger partial charge in [0.25, 0.3) is 0 Å². The number of nitrogens with zero attached hydrogens (tertiary/aromatic N) is 7. The van der Waals surface area contributed by atoms with Gasteiger partial charge in [-0.2, -0.15) is 5.10 Å². The summed E-state index contributed by atoms with van der Waals surface area (Å²) in [5, 5.41) is 8.14. The Morgan fingerprint density at radius 1 is 0.969 bits per heavy atom. The first-order valence-electron chi connectivity index (χ1n) is 10.4. The monoisotopic (exact) mass is 429 g/mol. The normalized spacial score (nSPS) is 15.1. The molecule has 10 heteroatoms. The highest BCUT2D eigenvalue weighted by Crippen LogP contribution is 2.31. The number of hydrogen-bond acceptors (Lipinski definition) is 7. The maximum absolute atomic E-state index is 13.7. The molecule has 0 saturated carbocycles. The van der Waals surface area contributed by atoms with Gasteiger partial charge in [0.15, 0.2) is 17.1 Å². The minimum atomic E-state index is -0.394. The Kier molecular flexibility index (Phi) is 4.32. The zero-order chi connectivity index (χ0) is 21.7. The lowest BCUT2D eigenvalue weighted by Crippen LogP contribution is -2.44. The van der Waals surface area contributed by atoms with Gasteiger partial charge in [0.2, 0.25) is 0 Å². The van der Waals surface area contributed by atoms with E-state index in [9.17, 15) is 4.39 Å². The van der Waals surface area contributed by atoms with Crippen LogP contribution in [0, 0.1) is 5.82 Å². The predicted octanol–water partition coefficient (Wildman–Crippen LogP) is 2.85. The highest BCUT2D eigenvalue weighted by atomic mass is 19.1. The van der Waals surface area contributed by atoms with E-state index in [4.69, 9.17) is 4.98 Å². The second kappa shape index (κ2) is 7.34. The Hall–Kier alpha value is -3.92. The minimum Gasteiger partial charge on any atom is -0.367 e. The number of halogens is 1. The van der Waals surface area contributed by atoms with Gasteiger partial charge in [0.1, 0.15) is 17.0 Å². The molecule has 5 aromatic rings. The Balaban J connectivity index is 1.44. The van der Waals surface area contributed by atoms with E-state index in [1.165, 1.54) is 12.3 Å². The summed E-state index contributed by atoms with van der Waals surface area (Å²) in [5.74, 6) is 0.239. The summed E-state index contributed by atoms with van der Waals surface area (Å²) >= 11 is 0. The van der Waals surface area contributed by atoms with Crippen molar-refractivity contribution in [2.24, 2.45) is 0 Å². The molecule has 0 spiro atoms.